The van der Waals surface area contributed by atoms with Crippen LogP contribution >= 0.6 is 12.4 Å². The molecule has 4 aliphatic rings. The first-order chi connectivity index (χ1) is 12.2. The molecular weight excluding hydrogens is 435 g/mol. The number of halogens is 1. The van der Waals surface area contributed by atoms with E-state index in [0.29, 0.717) is 0 Å². The zero-order valence-electron chi connectivity index (χ0n) is 16.6. The molecule has 1 nitrogen and oxygen atoms in total. The first-order valence-corrected chi connectivity index (χ1v) is 20.5. The van der Waals surface area contributed by atoms with E-state index in [1.807, 2.05) is 11.1 Å². The molecule has 0 radical (unpaired) electrons. The van der Waals surface area contributed by atoms with Gasteiger partial charge < -0.3 is 0 Å². The number of allylic oxidation sites excluding steroid dienone is 8. The van der Waals surface area contributed by atoms with E-state index < -0.39 is 24.8 Å². The molecule has 0 amide bonds. The Hall–Kier alpha value is 0.310. The second-order valence-corrected chi connectivity index (χ2v) is 30.1. The van der Waals surface area contributed by atoms with Crippen LogP contribution in [0.4, 0.5) is 0 Å². The minimum atomic E-state index is -2.89. The van der Waals surface area contributed by atoms with Gasteiger partial charge >= 0.3 is 159 Å². The fourth-order valence-electron chi connectivity index (χ4n) is 5.83. The second-order valence-electron chi connectivity index (χ2n) is 8.41. The fourth-order valence-corrected chi connectivity index (χ4v) is 31.8. The molecule has 0 aliphatic heterocycles. The molecule has 0 saturated heterocycles. The summed E-state index contributed by atoms with van der Waals surface area (Å²) in [5.74, 6) is 0. The van der Waals surface area contributed by atoms with Crippen molar-refractivity contribution in [2.24, 2.45) is 0 Å². The van der Waals surface area contributed by atoms with Gasteiger partial charge in [0, 0.05) is 0 Å². The third-order valence-corrected chi connectivity index (χ3v) is 33.6. The molecule has 26 heavy (non-hydrogen) atoms. The molecule has 0 aromatic carbocycles. The molecule has 4 aliphatic carbocycles. The second kappa shape index (κ2) is 8.76. The van der Waals surface area contributed by atoms with Gasteiger partial charge in [0.2, 0.25) is 0 Å². The maximum Gasteiger partial charge on any atom is -0.147 e. The zero-order chi connectivity index (χ0) is 17.4. The fraction of sp³-hybridized carbons (Fsp3) is 0.636. The molecule has 0 fully saturated rings. The molecule has 0 saturated carbocycles. The van der Waals surface area contributed by atoms with Crippen molar-refractivity contribution >= 4 is 17.8 Å². The maximum atomic E-state index is 7.04. The predicted octanol–water partition coefficient (Wildman–Crippen LogP) is 7.22. The van der Waals surface area contributed by atoms with Crippen LogP contribution in [0, 0.1) is 0 Å². The van der Waals surface area contributed by atoms with Crippen molar-refractivity contribution in [3.8, 4) is 0 Å². The Morgan fingerprint density at radius 3 is 1.77 bits per heavy atom. The van der Waals surface area contributed by atoms with Crippen molar-refractivity contribution in [3.05, 3.63) is 46.6 Å². The largest absolute Gasteiger partial charge is 0.147 e. The van der Waals surface area contributed by atoms with E-state index in [-0.39, 0.29) is 12.4 Å². The summed E-state index contributed by atoms with van der Waals surface area (Å²) in [6.45, 7) is 8.34. The Balaban J connectivity index is 0.00000196. The molecule has 0 spiro atoms. The Morgan fingerprint density at radius 1 is 0.885 bits per heavy atom. The molecule has 0 aromatic heterocycles. The van der Waals surface area contributed by atoms with Gasteiger partial charge in [-0.1, -0.05) is 0 Å². The number of hydrogen-bond acceptors (Lipinski definition) is 1. The Morgan fingerprint density at radius 2 is 1.35 bits per heavy atom. The third-order valence-electron chi connectivity index (χ3n) is 6.93. The van der Waals surface area contributed by atoms with E-state index in [2.05, 4.69) is 44.3 Å². The van der Waals surface area contributed by atoms with Gasteiger partial charge in [-0.2, -0.15) is 0 Å². The van der Waals surface area contributed by atoms with Crippen molar-refractivity contribution in [1.82, 2.24) is 0 Å². The summed E-state index contributed by atoms with van der Waals surface area (Å²) in [6, 6.07) is 0. The maximum absolute atomic E-state index is 7.04. The van der Waals surface area contributed by atoms with E-state index in [1.165, 1.54) is 51.4 Å². The van der Waals surface area contributed by atoms with Crippen LogP contribution in [-0.4, -0.2) is 12.0 Å². The van der Waals surface area contributed by atoms with Gasteiger partial charge in [-0.25, -0.2) is 0 Å². The van der Waals surface area contributed by atoms with E-state index in [0.717, 1.165) is 13.9 Å². The summed E-state index contributed by atoms with van der Waals surface area (Å²) >= 11 is -2.89. The van der Waals surface area contributed by atoms with Crippen LogP contribution in [0.3, 0.4) is 0 Å². The van der Waals surface area contributed by atoms with Gasteiger partial charge in [0.1, 0.15) is 0 Å². The van der Waals surface area contributed by atoms with Gasteiger partial charge in [0.15, 0.2) is 0 Å². The quantitative estimate of drug-likeness (QED) is 0.395. The first kappa shape index (κ1) is 21.0. The van der Waals surface area contributed by atoms with Crippen molar-refractivity contribution in [2.45, 2.75) is 78.6 Å². The van der Waals surface area contributed by atoms with E-state index >= 15 is 0 Å². The van der Waals surface area contributed by atoms with E-state index in [1.54, 1.807) is 11.1 Å². The van der Waals surface area contributed by atoms with Crippen LogP contribution in [0.5, 0.6) is 0 Å². The normalized spacial score (nSPS) is 29.3. The van der Waals surface area contributed by atoms with Crippen LogP contribution in [0.1, 0.15) is 58.3 Å². The molecule has 143 valence electrons. The Bertz CT molecular complexity index is 687. The summed E-state index contributed by atoms with van der Waals surface area (Å²) in [5.41, 5.74) is 6.59. The summed E-state index contributed by atoms with van der Waals surface area (Å²) in [4.78, 5) is 0. The summed E-state index contributed by atoms with van der Waals surface area (Å²) in [6.07, 6.45) is 21.1. The van der Waals surface area contributed by atoms with Crippen LogP contribution in [0.25, 0.3) is 0 Å². The number of hydrogen-bond donors (Lipinski definition) is 0. The van der Waals surface area contributed by atoms with Gasteiger partial charge in [-0.05, 0) is 0 Å². The Kier molecular flexibility index (Phi) is 7.09. The summed E-state index contributed by atoms with van der Waals surface area (Å²) in [7, 11) is 0. The van der Waals surface area contributed by atoms with Crippen molar-refractivity contribution in [1.29, 1.82) is 0 Å². The van der Waals surface area contributed by atoms with Crippen LogP contribution < -0.4 is 0 Å². The van der Waals surface area contributed by atoms with E-state index in [4.69, 9.17) is 2.81 Å². The monoisotopic (exact) mass is 467 g/mol. The van der Waals surface area contributed by atoms with Crippen molar-refractivity contribution in [3.63, 3.8) is 0 Å². The standard InChI is InChI=1S/2C9H11.C2H5O.C2H6Si.ClH.Zr/c2*1-2-5-9-7-3-6-8(9)4-1;1-2-3;1-3-2;;/h2*3,6-7H,1-2,4-5H2;2H2,1H3;1-2H3;1H;/q;;-1;;;+1. The molecule has 0 heterocycles. The zero-order valence-corrected chi connectivity index (χ0v) is 20.9. The van der Waals surface area contributed by atoms with Gasteiger partial charge in [-0.3, -0.25) is 0 Å². The smallest absolute Gasteiger partial charge is 0.147 e. The average molecular weight is 469 g/mol. The minimum absolute atomic E-state index is 0. The van der Waals surface area contributed by atoms with Gasteiger partial charge in [-0.15, -0.1) is 12.4 Å². The molecule has 0 bridgehead atoms. The summed E-state index contributed by atoms with van der Waals surface area (Å²) in [5, 5.41) is 0. The first-order valence-electron chi connectivity index (χ1n) is 10.4. The molecule has 4 rings (SSSR count). The van der Waals surface area contributed by atoms with E-state index in [9.17, 15) is 0 Å². The molecular formula is C22H34ClOSiZr. The molecule has 2 atom stereocenters. The topological polar surface area (TPSA) is 9.23 Å². The van der Waals surface area contributed by atoms with Gasteiger partial charge in [0.05, 0.1) is 0 Å². The average Bonchev–Trinajstić information content (AvgIpc) is 3.24. The van der Waals surface area contributed by atoms with Crippen LogP contribution in [-0.2, 0) is 22.1 Å². The molecule has 0 N–H and O–H groups in total. The molecule has 0 aromatic rings. The third kappa shape index (κ3) is 3.40. The SMILES string of the molecule is CC[O][Zr]([CH]1C=CC2=C1CCCC2)([CH]1C=CC2=C1CCCC2)=[Si](C)C.Cl. The number of rotatable bonds is 4. The van der Waals surface area contributed by atoms with Crippen molar-refractivity contribution in [2.75, 3.05) is 6.61 Å². The molecule has 4 heteroatoms. The predicted molar refractivity (Wildman–Crippen MR) is 113 cm³/mol. The molecule has 2 unspecified atom stereocenters. The van der Waals surface area contributed by atoms with Crippen LogP contribution in [0.2, 0.25) is 20.3 Å². The summed E-state index contributed by atoms with van der Waals surface area (Å²) < 4.78 is 8.48. The Labute approximate surface area is 171 Å². The van der Waals surface area contributed by atoms with Crippen molar-refractivity contribution < 1.29 is 22.1 Å². The minimum Gasteiger partial charge on any atom is -0.147 e. The van der Waals surface area contributed by atoms with Crippen LogP contribution in [0.15, 0.2) is 46.6 Å². The van der Waals surface area contributed by atoms with Gasteiger partial charge in [0.25, 0.3) is 0 Å².